The van der Waals surface area contributed by atoms with Crippen molar-refractivity contribution in [1.82, 2.24) is 5.32 Å². The number of amides is 1. The van der Waals surface area contributed by atoms with Crippen molar-refractivity contribution in [2.24, 2.45) is 0 Å². The molecule has 0 aromatic heterocycles. The summed E-state index contributed by atoms with van der Waals surface area (Å²) in [5, 5.41) is 2.68. The van der Waals surface area contributed by atoms with Crippen LogP contribution in [0, 0.1) is 0 Å². The van der Waals surface area contributed by atoms with Crippen molar-refractivity contribution in [3.63, 3.8) is 0 Å². The molecule has 5 nitrogen and oxygen atoms in total. The van der Waals surface area contributed by atoms with Gasteiger partial charge in [-0.2, -0.15) is 0 Å². The normalized spacial score (nSPS) is 9.76. The SMILES string of the molecule is COCCNC(=O)c1ccc(C(=O)OC)cc1. The Morgan fingerprint density at radius 2 is 1.71 bits per heavy atom. The predicted molar refractivity (Wildman–Crippen MR) is 62.0 cm³/mol. The summed E-state index contributed by atoms with van der Waals surface area (Å²) in [6.07, 6.45) is 0. The summed E-state index contributed by atoms with van der Waals surface area (Å²) in [6.45, 7) is 0.917. The number of carbonyl (C=O) groups excluding carboxylic acids is 2. The Hall–Kier alpha value is -1.88. The van der Waals surface area contributed by atoms with Crippen LogP contribution >= 0.6 is 0 Å². The lowest BCUT2D eigenvalue weighted by molar-refractivity contribution is 0.0600. The maximum absolute atomic E-state index is 11.6. The standard InChI is InChI=1S/C12H15NO4/c1-16-8-7-13-11(14)9-3-5-10(6-4-9)12(15)17-2/h3-6H,7-8H2,1-2H3,(H,13,14). The number of hydrogen-bond donors (Lipinski definition) is 1. The molecule has 0 saturated carbocycles. The first-order chi connectivity index (χ1) is 8.19. The van der Waals surface area contributed by atoms with Crippen LogP contribution in [0.15, 0.2) is 24.3 Å². The maximum Gasteiger partial charge on any atom is 0.337 e. The van der Waals surface area contributed by atoms with Gasteiger partial charge in [0.2, 0.25) is 0 Å². The first-order valence-electron chi connectivity index (χ1n) is 5.14. The molecule has 0 aliphatic carbocycles. The summed E-state index contributed by atoms with van der Waals surface area (Å²) in [7, 11) is 2.88. The molecular weight excluding hydrogens is 222 g/mol. The zero-order chi connectivity index (χ0) is 12.7. The van der Waals surface area contributed by atoms with Gasteiger partial charge in [-0.05, 0) is 24.3 Å². The Bertz CT molecular complexity index is 386. The molecule has 0 aliphatic heterocycles. The van der Waals surface area contributed by atoms with Crippen LogP contribution in [0.25, 0.3) is 0 Å². The van der Waals surface area contributed by atoms with Crippen LogP contribution < -0.4 is 5.32 Å². The van der Waals surface area contributed by atoms with Gasteiger partial charge in [0.05, 0.1) is 19.3 Å². The highest BCUT2D eigenvalue weighted by atomic mass is 16.5. The molecule has 0 atom stereocenters. The molecule has 0 saturated heterocycles. The number of hydrogen-bond acceptors (Lipinski definition) is 4. The van der Waals surface area contributed by atoms with Crippen molar-refractivity contribution in [2.45, 2.75) is 0 Å². The van der Waals surface area contributed by atoms with Crippen LogP contribution in [0.4, 0.5) is 0 Å². The van der Waals surface area contributed by atoms with E-state index in [1.807, 2.05) is 0 Å². The van der Waals surface area contributed by atoms with Crippen LogP contribution in [0.1, 0.15) is 20.7 Å². The summed E-state index contributed by atoms with van der Waals surface area (Å²) in [5.41, 5.74) is 0.912. The largest absolute Gasteiger partial charge is 0.465 e. The molecule has 1 amide bonds. The smallest absolute Gasteiger partial charge is 0.337 e. The number of esters is 1. The highest BCUT2D eigenvalue weighted by molar-refractivity contribution is 5.96. The Labute approximate surface area is 99.7 Å². The minimum Gasteiger partial charge on any atom is -0.465 e. The number of carbonyl (C=O) groups is 2. The quantitative estimate of drug-likeness (QED) is 0.609. The van der Waals surface area contributed by atoms with Gasteiger partial charge in [-0.3, -0.25) is 4.79 Å². The van der Waals surface area contributed by atoms with E-state index < -0.39 is 5.97 Å². The van der Waals surface area contributed by atoms with E-state index in [0.29, 0.717) is 24.3 Å². The van der Waals surface area contributed by atoms with Gasteiger partial charge in [0.25, 0.3) is 5.91 Å². The lowest BCUT2D eigenvalue weighted by atomic mass is 10.1. The molecule has 0 unspecified atom stereocenters. The number of ether oxygens (including phenoxy) is 2. The van der Waals surface area contributed by atoms with E-state index in [9.17, 15) is 9.59 Å². The topological polar surface area (TPSA) is 64.6 Å². The van der Waals surface area contributed by atoms with E-state index in [4.69, 9.17) is 4.74 Å². The highest BCUT2D eigenvalue weighted by Crippen LogP contribution is 2.05. The summed E-state index contributed by atoms with van der Waals surface area (Å²) in [4.78, 5) is 22.8. The van der Waals surface area contributed by atoms with Crippen LogP contribution in [0.3, 0.4) is 0 Å². The average Bonchev–Trinajstić information content (AvgIpc) is 2.38. The number of methoxy groups -OCH3 is 2. The monoisotopic (exact) mass is 237 g/mol. The van der Waals surface area contributed by atoms with Gasteiger partial charge in [-0.15, -0.1) is 0 Å². The van der Waals surface area contributed by atoms with Crippen molar-refractivity contribution < 1.29 is 19.1 Å². The van der Waals surface area contributed by atoms with Crippen LogP contribution in [-0.2, 0) is 9.47 Å². The first kappa shape index (κ1) is 13.2. The van der Waals surface area contributed by atoms with Crippen LogP contribution in [0.2, 0.25) is 0 Å². The molecule has 1 N–H and O–H groups in total. The number of nitrogens with one attached hydrogen (secondary N) is 1. The zero-order valence-electron chi connectivity index (χ0n) is 9.86. The molecule has 0 spiro atoms. The molecule has 92 valence electrons. The van der Waals surface area contributed by atoms with E-state index in [2.05, 4.69) is 10.1 Å². The fraction of sp³-hybridized carbons (Fsp3) is 0.333. The molecule has 1 aromatic rings. The zero-order valence-corrected chi connectivity index (χ0v) is 9.86. The van der Waals surface area contributed by atoms with E-state index in [1.54, 1.807) is 31.4 Å². The molecule has 1 rings (SSSR count). The Morgan fingerprint density at radius 1 is 1.12 bits per heavy atom. The van der Waals surface area contributed by atoms with E-state index in [0.717, 1.165) is 0 Å². The number of benzene rings is 1. The first-order valence-corrected chi connectivity index (χ1v) is 5.14. The predicted octanol–water partition coefficient (Wildman–Crippen LogP) is 0.849. The van der Waals surface area contributed by atoms with Crippen molar-refractivity contribution >= 4 is 11.9 Å². The molecule has 5 heteroatoms. The second-order valence-electron chi connectivity index (χ2n) is 3.32. The van der Waals surface area contributed by atoms with Gasteiger partial charge in [0.1, 0.15) is 0 Å². The molecule has 0 fully saturated rings. The van der Waals surface area contributed by atoms with Gasteiger partial charge >= 0.3 is 5.97 Å². The summed E-state index contributed by atoms with van der Waals surface area (Å²) < 4.78 is 9.38. The minimum atomic E-state index is -0.420. The Morgan fingerprint density at radius 3 is 2.24 bits per heavy atom. The van der Waals surface area contributed by atoms with Gasteiger partial charge < -0.3 is 14.8 Å². The second-order valence-corrected chi connectivity index (χ2v) is 3.32. The number of rotatable bonds is 5. The van der Waals surface area contributed by atoms with Crippen molar-refractivity contribution in [2.75, 3.05) is 27.4 Å². The van der Waals surface area contributed by atoms with Crippen molar-refractivity contribution in [3.05, 3.63) is 35.4 Å². The highest BCUT2D eigenvalue weighted by Gasteiger charge is 2.08. The van der Waals surface area contributed by atoms with Gasteiger partial charge in [-0.25, -0.2) is 4.79 Å². The van der Waals surface area contributed by atoms with E-state index in [1.165, 1.54) is 7.11 Å². The van der Waals surface area contributed by atoms with Gasteiger partial charge in [-0.1, -0.05) is 0 Å². The third-order valence-corrected chi connectivity index (χ3v) is 2.16. The molecule has 17 heavy (non-hydrogen) atoms. The van der Waals surface area contributed by atoms with Crippen molar-refractivity contribution in [1.29, 1.82) is 0 Å². The average molecular weight is 237 g/mol. The lowest BCUT2D eigenvalue weighted by Crippen LogP contribution is -2.26. The Kier molecular flexibility index (Phi) is 5.16. The summed E-state index contributed by atoms with van der Waals surface area (Å²) in [6, 6.07) is 6.26. The molecule has 0 radical (unpaired) electrons. The molecule has 0 bridgehead atoms. The summed E-state index contributed by atoms with van der Waals surface area (Å²) >= 11 is 0. The molecule has 0 heterocycles. The van der Waals surface area contributed by atoms with Crippen molar-refractivity contribution in [3.8, 4) is 0 Å². The third-order valence-electron chi connectivity index (χ3n) is 2.16. The van der Waals surface area contributed by atoms with Crippen LogP contribution in [-0.4, -0.2) is 39.2 Å². The fourth-order valence-electron chi connectivity index (χ4n) is 1.24. The maximum atomic E-state index is 11.6. The lowest BCUT2D eigenvalue weighted by Gasteiger charge is -2.05. The second kappa shape index (κ2) is 6.65. The van der Waals surface area contributed by atoms with E-state index >= 15 is 0 Å². The van der Waals surface area contributed by atoms with Gasteiger partial charge in [0, 0.05) is 19.2 Å². The minimum absolute atomic E-state index is 0.196. The third kappa shape index (κ3) is 3.88. The molecule has 1 aromatic carbocycles. The van der Waals surface area contributed by atoms with E-state index in [-0.39, 0.29) is 5.91 Å². The Balaban J connectivity index is 2.61. The fourth-order valence-corrected chi connectivity index (χ4v) is 1.24. The van der Waals surface area contributed by atoms with Crippen LogP contribution in [0.5, 0.6) is 0 Å². The molecular formula is C12H15NO4. The van der Waals surface area contributed by atoms with Gasteiger partial charge in [0.15, 0.2) is 0 Å². The summed E-state index contributed by atoms with van der Waals surface area (Å²) in [5.74, 6) is -0.616. The molecule has 0 aliphatic rings.